The van der Waals surface area contributed by atoms with Crippen molar-refractivity contribution in [1.29, 1.82) is 0 Å². The molecule has 1 heterocycles. The summed E-state index contributed by atoms with van der Waals surface area (Å²) in [4.78, 5) is 29.9. The molecule has 0 bridgehead atoms. The first-order valence-electron chi connectivity index (χ1n) is 7.84. The molecule has 1 aliphatic rings. The maximum absolute atomic E-state index is 12.3. The first kappa shape index (κ1) is 21.4. The van der Waals surface area contributed by atoms with Crippen molar-refractivity contribution >= 4 is 41.8 Å². The first-order chi connectivity index (χ1) is 11.4. The molecule has 0 saturated carbocycles. The number of halogens is 1. The van der Waals surface area contributed by atoms with Gasteiger partial charge in [0.1, 0.15) is 0 Å². The van der Waals surface area contributed by atoms with Gasteiger partial charge in [0.15, 0.2) is 5.96 Å². The molecule has 1 aliphatic heterocycles. The van der Waals surface area contributed by atoms with E-state index in [1.807, 2.05) is 13.8 Å². The number of carbonyl (C=O) groups is 2. The fourth-order valence-corrected chi connectivity index (χ4v) is 2.32. The van der Waals surface area contributed by atoms with Gasteiger partial charge in [-0.3, -0.25) is 19.5 Å². The number of fused-ring (bicyclic) bond motifs is 1. The number of methoxy groups -OCH3 is 1. The number of nitrogens with one attached hydrogen (secondary N) is 2. The molecular weight excluding hydrogens is 435 g/mol. The fourth-order valence-electron chi connectivity index (χ4n) is 2.32. The molecule has 0 aliphatic carbocycles. The minimum atomic E-state index is -0.319. The maximum atomic E-state index is 12.3. The SMILES string of the molecule is CN=C(NCCN1C(=O)c2ccccc2C1=O)NCC(C)(C)OC.I. The second-order valence-electron chi connectivity index (χ2n) is 6.12. The normalized spacial score (nSPS) is 14.2. The van der Waals surface area contributed by atoms with Gasteiger partial charge in [0, 0.05) is 33.8 Å². The van der Waals surface area contributed by atoms with Crippen molar-refractivity contribution in [1.82, 2.24) is 15.5 Å². The van der Waals surface area contributed by atoms with Crippen molar-refractivity contribution in [2.45, 2.75) is 19.4 Å². The molecule has 0 spiro atoms. The van der Waals surface area contributed by atoms with Gasteiger partial charge >= 0.3 is 0 Å². The quantitative estimate of drug-likeness (QED) is 0.291. The summed E-state index contributed by atoms with van der Waals surface area (Å²) in [6, 6.07) is 6.87. The minimum Gasteiger partial charge on any atom is -0.377 e. The van der Waals surface area contributed by atoms with E-state index in [0.29, 0.717) is 30.2 Å². The van der Waals surface area contributed by atoms with Crippen LogP contribution in [0.5, 0.6) is 0 Å². The Morgan fingerprint density at radius 1 is 1.16 bits per heavy atom. The van der Waals surface area contributed by atoms with Gasteiger partial charge in [-0.2, -0.15) is 0 Å². The molecule has 0 radical (unpaired) electrons. The Labute approximate surface area is 165 Å². The third kappa shape index (κ3) is 5.15. The van der Waals surface area contributed by atoms with Crippen molar-refractivity contribution in [3.05, 3.63) is 35.4 Å². The van der Waals surface area contributed by atoms with Crippen molar-refractivity contribution in [3.8, 4) is 0 Å². The van der Waals surface area contributed by atoms with Crippen molar-refractivity contribution < 1.29 is 14.3 Å². The number of hydrogen-bond donors (Lipinski definition) is 2. The lowest BCUT2D eigenvalue weighted by Gasteiger charge is -2.24. The molecular formula is C17H25IN4O3. The van der Waals surface area contributed by atoms with E-state index < -0.39 is 0 Å². The molecule has 2 N–H and O–H groups in total. The molecule has 1 aromatic carbocycles. The van der Waals surface area contributed by atoms with Gasteiger partial charge in [-0.05, 0) is 26.0 Å². The van der Waals surface area contributed by atoms with Crippen LogP contribution < -0.4 is 10.6 Å². The van der Waals surface area contributed by atoms with E-state index in [4.69, 9.17) is 4.74 Å². The summed E-state index contributed by atoms with van der Waals surface area (Å²) in [5, 5.41) is 6.25. The second-order valence-corrected chi connectivity index (χ2v) is 6.12. The van der Waals surface area contributed by atoms with Crippen LogP contribution in [0.4, 0.5) is 0 Å². The lowest BCUT2D eigenvalue weighted by Crippen LogP contribution is -2.47. The highest BCUT2D eigenvalue weighted by Crippen LogP contribution is 2.21. The Kier molecular flexibility index (Phi) is 7.81. The van der Waals surface area contributed by atoms with E-state index in [0.717, 1.165) is 0 Å². The zero-order valence-corrected chi connectivity index (χ0v) is 17.3. The van der Waals surface area contributed by atoms with Gasteiger partial charge in [0.2, 0.25) is 0 Å². The van der Waals surface area contributed by atoms with Gasteiger partial charge in [-0.25, -0.2) is 0 Å². The zero-order chi connectivity index (χ0) is 17.7. The summed E-state index contributed by atoms with van der Waals surface area (Å²) in [5.41, 5.74) is 0.610. The fraction of sp³-hybridized carbons (Fsp3) is 0.471. The zero-order valence-electron chi connectivity index (χ0n) is 15.0. The molecule has 2 rings (SSSR count). The largest absolute Gasteiger partial charge is 0.377 e. The van der Waals surface area contributed by atoms with E-state index in [1.54, 1.807) is 38.4 Å². The average molecular weight is 460 g/mol. The lowest BCUT2D eigenvalue weighted by molar-refractivity contribution is 0.0268. The maximum Gasteiger partial charge on any atom is 0.261 e. The van der Waals surface area contributed by atoms with Crippen LogP contribution in [0.2, 0.25) is 0 Å². The number of imide groups is 1. The number of nitrogens with zero attached hydrogens (tertiary/aromatic N) is 2. The smallest absolute Gasteiger partial charge is 0.261 e. The number of amides is 2. The van der Waals surface area contributed by atoms with Gasteiger partial charge < -0.3 is 15.4 Å². The van der Waals surface area contributed by atoms with Crippen LogP contribution in [-0.4, -0.2) is 62.1 Å². The highest BCUT2D eigenvalue weighted by atomic mass is 127. The molecule has 25 heavy (non-hydrogen) atoms. The van der Waals surface area contributed by atoms with E-state index in [-0.39, 0.29) is 47.9 Å². The van der Waals surface area contributed by atoms with Crippen LogP contribution >= 0.6 is 24.0 Å². The van der Waals surface area contributed by atoms with Crippen LogP contribution in [-0.2, 0) is 4.74 Å². The van der Waals surface area contributed by atoms with Crippen molar-refractivity contribution in [2.75, 3.05) is 33.8 Å². The summed E-state index contributed by atoms with van der Waals surface area (Å²) in [7, 11) is 3.32. The van der Waals surface area contributed by atoms with E-state index >= 15 is 0 Å². The molecule has 0 atom stereocenters. The molecule has 0 aromatic heterocycles. The third-order valence-electron chi connectivity index (χ3n) is 3.96. The highest BCUT2D eigenvalue weighted by Gasteiger charge is 2.34. The van der Waals surface area contributed by atoms with Crippen LogP contribution in [0.25, 0.3) is 0 Å². The molecule has 1 aromatic rings. The topological polar surface area (TPSA) is 83.0 Å². The predicted molar refractivity (Wildman–Crippen MR) is 108 cm³/mol. The minimum absolute atomic E-state index is 0. The number of rotatable bonds is 6. The number of hydrogen-bond acceptors (Lipinski definition) is 4. The molecule has 138 valence electrons. The van der Waals surface area contributed by atoms with Crippen molar-refractivity contribution in [3.63, 3.8) is 0 Å². The molecule has 8 heteroatoms. The molecule has 0 fully saturated rings. The number of benzene rings is 1. The van der Waals surface area contributed by atoms with Crippen LogP contribution in [0.1, 0.15) is 34.6 Å². The summed E-state index contributed by atoms with van der Waals surface area (Å²) in [6.07, 6.45) is 0. The van der Waals surface area contributed by atoms with E-state index in [1.165, 1.54) is 4.90 Å². The Hall–Kier alpha value is -1.68. The number of ether oxygens (including phenoxy) is 1. The Morgan fingerprint density at radius 3 is 2.20 bits per heavy atom. The lowest BCUT2D eigenvalue weighted by atomic mass is 10.1. The Balaban J connectivity index is 0.00000312. The second kappa shape index (κ2) is 9.14. The standard InChI is InChI=1S/C17H24N4O3.HI/c1-17(2,24-4)11-20-16(18-3)19-9-10-21-14(22)12-7-5-6-8-13(12)15(21)23;/h5-8H,9-11H2,1-4H3,(H2,18,19,20);1H. The number of guanidine groups is 1. The van der Waals surface area contributed by atoms with E-state index in [9.17, 15) is 9.59 Å². The third-order valence-corrected chi connectivity index (χ3v) is 3.96. The first-order valence-corrected chi connectivity index (χ1v) is 7.84. The summed E-state index contributed by atoms with van der Waals surface area (Å²) in [6.45, 7) is 5.20. The molecule has 7 nitrogen and oxygen atoms in total. The number of aliphatic imine (C=N–C) groups is 1. The highest BCUT2D eigenvalue weighted by molar-refractivity contribution is 14.0. The monoisotopic (exact) mass is 460 g/mol. The summed E-state index contributed by atoms with van der Waals surface area (Å²) < 4.78 is 5.34. The Morgan fingerprint density at radius 2 is 1.72 bits per heavy atom. The Bertz CT molecular complexity index is 626. The average Bonchev–Trinajstić information content (AvgIpc) is 2.83. The van der Waals surface area contributed by atoms with E-state index in [2.05, 4.69) is 15.6 Å². The van der Waals surface area contributed by atoms with Gasteiger partial charge in [-0.1, -0.05) is 12.1 Å². The number of carbonyl (C=O) groups excluding carboxylic acids is 2. The summed E-state index contributed by atoms with van der Waals surface area (Å²) >= 11 is 0. The summed E-state index contributed by atoms with van der Waals surface area (Å²) in [5.74, 6) is 0.0958. The van der Waals surface area contributed by atoms with Crippen molar-refractivity contribution in [2.24, 2.45) is 4.99 Å². The predicted octanol–water partition coefficient (Wildman–Crippen LogP) is 1.49. The van der Waals surface area contributed by atoms with Crippen LogP contribution in [0.3, 0.4) is 0 Å². The van der Waals surface area contributed by atoms with Crippen LogP contribution in [0, 0.1) is 0 Å². The van der Waals surface area contributed by atoms with Crippen LogP contribution in [0.15, 0.2) is 29.3 Å². The molecule has 0 saturated heterocycles. The van der Waals surface area contributed by atoms with Gasteiger partial charge in [0.05, 0.1) is 16.7 Å². The van der Waals surface area contributed by atoms with Gasteiger partial charge in [0.25, 0.3) is 11.8 Å². The molecule has 2 amide bonds. The van der Waals surface area contributed by atoms with Gasteiger partial charge in [-0.15, -0.1) is 24.0 Å². The molecule has 0 unspecified atom stereocenters.